The molecule has 0 atom stereocenters. The number of benzene rings is 1. The van der Waals surface area contributed by atoms with Crippen molar-refractivity contribution in [2.24, 2.45) is 0 Å². The van der Waals surface area contributed by atoms with Crippen LogP contribution in [0, 0.1) is 0 Å². The molecule has 1 heterocycles. The standard InChI is InChI=1S/C27H47BO3Si2/c1-12-33(13-2,14-3)31-25(4,5)24(28-29-26(6,7)27(8,9)30-28)21-18-22-32(10,11)23-19-16-15-17-20-23/h15-20H,12-14,22H2,1-11H3. The largest absolute Gasteiger partial charge is 0.501 e. The second-order valence-electron chi connectivity index (χ2n) is 11.7. The summed E-state index contributed by atoms with van der Waals surface area (Å²) < 4.78 is 20.0. The molecule has 6 heteroatoms. The SMILES string of the molecule is CC[Si](CC)(CC)OC(C)(C)C(=C=CC[Si](C)(C)c1ccccc1)B1OC(C)(C)C(C)(C)O1. The Labute approximate surface area is 206 Å². The van der Waals surface area contributed by atoms with E-state index in [1.807, 2.05) is 0 Å². The van der Waals surface area contributed by atoms with E-state index in [4.69, 9.17) is 13.7 Å². The molecule has 1 fully saturated rings. The van der Waals surface area contributed by atoms with Crippen LogP contribution in [0.1, 0.15) is 62.3 Å². The topological polar surface area (TPSA) is 27.7 Å². The van der Waals surface area contributed by atoms with Crippen molar-refractivity contribution >= 4 is 28.7 Å². The molecule has 0 spiro atoms. The highest BCUT2D eigenvalue weighted by atomic mass is 28.4. The van der Waals surface area contributed by atoms with Gasteiger partial charge in [0.25, 0.3) is 0 Å². The minimum atomic E-state index is -1.84. The Morgan fingerprint density at radius 3 is 1.91 bits per heavy atom. The zero-order chi connectivity index (χ0) is 25.1. The van der Waals surface area contributed by atoms with Crippen molar-refractivity contribution in [3.05, 3.63) is 47.6 Å². The summed E-state index contributed by atoms with van der Waals surface area (Å²) in [6.07, 6.45) is 2.22. The molecule has 0 bridgehead atoms. The van der Waals surface area contributed by atoms with Crippen LogP contribution < -0.4 is 5.19 Å². The Hall–Kier alpha value is -0.881. The number of hydrogen-bond acceptors (Lipinski definition) is 3. The third-order valence-corrected chi connectivity index (χ3v) is 15.9. The lowest BCUT2D eigenvalue weighted by Gasteiger charge is -2.39. The summed E-state index contributed by atoms with van der Waals surface area (Å²) in [6, 6.07) is 15.2. The second-order valence-corrected chi connectivity index (χ2v) is 21.1. The minimum absolute atomic E-state index is 0.395. The minimum Gasteiger partial charge on any atom is -0.408 e. The maximum absolute atomic E-state index is 7.02. The van der Waals surface area contributed by atoms with Gasteiger partial charge in [0, 0.05) is 5.47 Å². The van der Waals surface area contributed by atoms with Gasteiger partial charge in [-0.15, -0.1) is 5.73 Å². The Morgan fingerprint density at radius 2 is 1.45 bits per heavy atom. The fraction of sp³-hybridized carbons (Fsp3) is 0.667. The van der Waals surface area contributed by atoms with E-state index in [0.29, 0.717) is 0 Å². The molecule has 0 aromatic heterocycles. The first-order chi connectivity index (χ1) is 15.2. The van der Waals surface area contributed by atoms with Crippen LogP contribution in [0.2, 0.25) is 37.3 Å². The molecule has 2 rings (SSSR count). The predicted molar refractivity (Wildman–Crippen MR) is 148 cm³/mol. The van der Waals surface area contributed by atoms with Gasteiger partial charge in [-0.05, 0) is 71.8 Å². The van der Waals surface area contributed by atoms with Gasteiger partial charge in [-0.1, -0.05) is 69.4 Å². The Kier molecular flexibility index (Phi) is 8.93. The highest BCUT2D eigenvalue weighted by Gasteiger charge is 2.55. The lowest BCUT2D eigenvalue weighted by molar-refractivity contribution is 0.00578. The van der Waals surface area contributed by atoms with Crippen molar-refractivity contribution in [1.82, 2.24) is 0 Å². The van der Waals surface area contributed by atoms with Gasteiger partial charge in [0.1, 0.15) is 0 Å². The highest BCUT2D eigenvalue weighted by Crippen LogP contribution is 2.42. The number of rotatable bonds is 10. The first kappa shape index (κ1) is 28.4. The van der Waals surface area contributed by atoms with E-state index in [9.17, 15) is 0 Å². The molecule has 1 aliphatic heterocycles. The Balaban J connectivity index is 2.48. The Morgan fingerprint density at radius 1 is 0.970 bits per heavy atom. The van der Waals surface area contributed by atoms with Gasteiger partial charge >= 0.3 is 7.12 Å². The smallest absolute Gasteiger partial charge is 0.408 e. The molecule has 1 aromatic rings. The molecule has 0 amide bonds. The lowest BCUT2D eigenvalue weighted by atomic mass is 9.70. The van der Waals surface area contributed by atoms with E-state index < -0.39 is 40.3 Å². The van der Waals surface area contributed by atoms with E-state index in [1.54, 1.807) is 0 Å². The van der Waals surface area contributed by atoms with Crippen molar-refractivity contribution in [2.45, 2.75) is 116 Å². The van der Waals surface area contributed by atoms with E-state index in [-0.39, 0.29) is 0 Å². The molecular weight excluding hydrogens is 439 g/mol. The fourth-order valence-corrected chi connectivity index (χ4v) is 9.54. The Bertz CT molecular complexity index is 827. The van der Waals surface area contributed by atoms with E-state index in [0.717, 1.165) is 29.6 Å². The van der Waals surface area contributed by atoms with E-state index in [2.05, 4.69) is 118 Å². The molecule has 0 radical (unpaired) electrons. The highest BCUT2D eigenvalue weighted by molar-refractivity contribution is 6.90. The van der Waals surface area contributed by atoms with Gasteiger partial charge in [-0.2, -0.15) is 0 Å². The van der Waals surface area contributed by atoms with Crippen LogP contribution in [0.15, 0.2) is 47.6 Å². The van der Waals surface area contributed by atoms with Crippen LogP contribution in [-0.4, -0.2) is 40.3 Å². The zero-order valence-electron chi connectivity index (χ0n) is 23.1. The monoisotopic (exact) mass is 486 g/mol. The summed E-state index contributed by atoms with van der Waals surface area (Å²) >= 11 is 0. The lowest BCUT2D eigenvalue weighted by Crippen LogP contribution is -2.48. The summed E-state index contributed by atoms with van der Waals surface area (Å²) in [5.74, 6) is 0. The molecule has 3 nitrogen and oxygen atoms in total. The van der Waals surface area contributed by atoms with Crippen molar-refractivity contribution in [1.29, 1.82) is 0 Å². The summed E-state index contributed by atoms with van der Waals surface area (Å²) in [5, 5.41) is 1.46. The molecule has 0 saturated carbocycles. The molecule has 0 unspecified atom stereocenters. The van der Waals surface area contributed by atoms with Gasteiger partial charge in [0.2, 0.25) is 0 Å². The molecule has 1 aromatic carbocycles. The third-order valence-electron chi connectivity index (χ3n) is 7.97. The third kappa shape index (κ3) is 6.42. The van der Waals surface area contributed by atoms with Gasteiger partial charge in [0.05, 0.1) is 24.9 Å². The van der Waals surface area contributed by atoms with Crippen LogP contribution >= 0.6 is 0 Å². The van der Waals surface area contributed by atoms with Gasteiger partial charge in [0.15, 0.2) is 8.32 Å². The van der Waals surface area contributed by atoms with Crippen LogP contribution in [-0.2, 0) is 13.7 Å². The van der Waals surface area contributed by atoms with Crippen molar-refractivity contribution in [3.63, 3.8) is 0 Å². The first-order valence-electron chi connectivity index (χ1n) is 12.7. The summed E-state index contributed by atoms with van der Waals surface area (Å²) in [7, 11) is -3.92. The van der Waals surface area contributed by atoms with Crippen molar-refractivity contribution in [2.75, 3.05) is 0 Å². The van der Waals surface area contributed by atoms with Crippen LogP contribution in [0.3, 0.4) is 0 Å². The zero-order valence-corrected chi connectivity index (χ0v) is 25.1. The molecule has 1 saturated heterocycles. The molecule has 0 aliphatic carbocycles. The summed E-state index contributed by atoms with van der Waals surface area (Å²) in [6.45, 7) is 24.4. The van der Waals surface area contributed by atoms with Crippen LogP contribution in [0.5, 0.6) is 0 Å². The first-order valence-corrected chi connectivity index (χ1v) is 18.5. The van der Waals surface area contributed by atoms with Crippen molar-refractivity contribution in [3.8, 4) is 0 Å². The van der Waals surface area contributed by atoms with Crippen molar-refractivity contribution < 1.29 is 13.7 Å². The average molecular weight is 487 g/mol. The molecule has 1 aliphatic rings. The van der Waals surface area contributed by atoms with E-state index >= 15 is 0 Å². The summed E-state index contributed by atoms with van der Waals surface area (Å²) in [4.78, 5) is 0. The van der Waals surface area contributed by atoms with Crippen LogP contribution in [0.25, 0.3) is 0 Å². The average Bonchev–Trinajstić information content (AvgIpc) is 2.96. The quantitative estimate of drug-likeness (QED) is 0.260. The molecule has 0 N–H and O–H groups in total. The van der Waals surface area contributed by atoms with Gasteiger partial charge < -0.3 is 13.7 Å². The van der Waals surface area contributed by atoms with Crippen LogP contribution in [0.4, 0.5) is 0 Å². The fourth-order valence-electron chi connectivity index (χ4n) is 4.47. The molecule has 184 valence electrons. The predicted octanol–water partition coefficient (Wildman–Crippen LogP) is 7.12. The van der Waals surface area contributed by atoms with Gasteiger partial charge in [-0.3, -0.25) is 0 Å². The molecular formula is C27H47BO3Si2. The van der Waals surface area contributed by atoms with Gasteiger partial charge in [-0.25, -0.2) is 0 Å². The van der Waals surface area contributed by atoms with E-state index in [1.165, 1.54) is 5.19 Å². The normalized spacial score (nSPS) is 18.2. The summed E-state index contributed by atoms with van der Waals surface area (Å²) in [5.41, 5.74) is 3.35. The maximum Gasteiger partial charge on any atom is 0.501 e. The number of hydrogen-bond donors (Lipinski definition) is 0. The molecule has 33 heavy (non-hydrogen) atoms. The second kappa shape index (κ2) is 10.4. The maximum atomic E-state index is 7.02.